The number of anilines is 2. The number of aryl methyl sites for hydroxylation is 1. The van der Waals surface area contributed by atoms with E-state index < -0.39 is 0 Å². The summed E-state index contributed by atoms with van der Waals surface area (Å²) in [5, 5.41) is 4.33. The van der Waals surface area contributed by atoms with E-state index in [-0.39, 0.29) is 18.5 Å². The van der Waals surface area contributed by atoms with Gasteiger partial charge in [0.05, 0.1) is 5.69 Å². The number of urea groups is 1. The number of carbonyl (C=O) groups is 2. The Morgan fingerprint density at radius 3 is 2.58 bits per heavy atom. The first-order valence-electron chi connectivity index (χ1n) is 5.67. The molecule has 1 aliphatic heterocycles. The average Bonchev–Trinajstić information content (AvgIpc) is 2.95. The predicted molar refractivity (Wildman–Crippen MR) is 71.3 cm³/mol. The Morgan fingerprint density at radius 1 is 1.21 bits per heavy atom. The number of benzene rings is 1. The standard InChI is InChI=1S/C12H10N4O2S/c1-8-11(19-14-13-8)16-10(17)7-15(12(16)18)9-5-3-2-4-6-9/h2-6H,7H2,1H3. The summed E-state index contributed by atoms with van der Waals surface area (Å²) < 4.78 is 3.76. The van der Waals surface area contributed by atoms with E-state index in [2.05, 4.69) is 9.59 Å². The van der Waals surface area contributed by atoms with Gasteiger partial charge in [-0.15, -0.1) is 5.10 Å². The van der Waals surface area contributed by atoms with Gasteiger partial charge < -0.3 is 0 Å². The molecule has 7 heteroatoms. The molecule has 1 fully saturated rings. The van der Waals surface area contributed by atoms with Crippen LogP contribution in [0.3, 0.4) is 0 Å². The van der Waals surface area contributed by atoms with Crippen molar-refractivity contribution in [1.29, 1.82) is 0 Å². The van der Waals surface area contributed by atoms with Crippen LogP contribution in [-0.2, 0) is 4.79 Å². The summed E-state index contributed by atoms with van der Waals surface area (Å²) in [7, 11) is 0. The van der Waals surface area contributed by atoms with Crippen LogP contribution < -0.4 is 9.80 Å². The molecular weight excluding hydrogens is 264 g/mol. The van der Waals surface area contributed by atoms with Gasteiger partial charge in [-0.2, -0.15) is 0 Å². The maximum absolute atomic E-state index is 12.3. The van der Waals surface area contributed by atoms with Crippen LogP contribution in [0.5, 0.6) is 0 Å². The van der Waals surface area contributed by atoms with Crippen LogP contribution in [0.1, 0.15) is 5.69 Å². The largest absolute Gasteiger partial charge is 0.337 e. The Labute approximate surface area is 113 Å². The van der Waals surface area contributed by atoms with Crippen LogP contribution in [0.25, 0.3) is 0 Å². The molecule has 0 atom stereocenters. The lowest BCUT2D eigenvalue weighted by Gasteiger charge is -2.15. The molecule has 3 rings (SSSR count). The van der Waals surface area contributed by atoms with Crippen molar-refractivity contribution in [2.45, 2.75) is 6.92 Å². The van der Waals surface area contributed by atoms with Crippen molar-refractivity contribution in [3.8, 4) is 0 Å². The van der Waals surface area contributed by atoms with Gasteiger partial charge in [0.15, 0.2) is 5.00 Å². The minimum absolute atomic E-state index is 0.0419. The maximum atomic E-state index is 12.3. The fraction of sp³-hybridized carbons (Fsp3) is 0.167. The van der Waals surface area contributed by atoms with Gasteiger partial charge in [0.25, 0.3) is 5.91 Å². The molecular formula is C12H10N4O2S. The zero-order valence-corrected chi connectivity index (χ0v) is 10.9. The van der Waals surface area contributed by atoms with Gasteiger partial charge in [0.1, 0.15) is 6.54 Å². The van der Waals surface area contributed by atoms with Crippen molar-refractivity contribution in [2.75, 3.05) is 16.3 Å². The molecule has 2 aromatic rings. The summed E-state index contributed by atoms with van der Waals surface area (Å²) in [6.45, 7) is 1.77. The lowest BCUT2D eigenvalue weighted by Crippen LogP contribution is -2.32. The van der Waals surface area contributed by atoms with Crippen molar-refractivity contribution >= 4 is 34.2 Å². The number of aromatic nitrogens is 2. The lowest BCUT2D eigenvalue weighted by molar-refractivity contribution is -0.115. The quantitative estimate of drug-likeness (QED) is 0.783. The Balaban J connectivity index is 1.97. The van der Waals surface area contributed by atoms with E-state index in [1.807, 2.05) is 18.2 Å². The summed E-state index contributed by atoms with van der Waals surface area (Å²) in [6, 6.07) is 8.76. The molecule has 1 aromatic heterocycles. The molecule has 1 saturated heterocycles. The van der Waals surface area contributed by atoms with Crippen LogP contribution >= 0.6 is 11.5 Å². The summed E-state index contributed by atoms with van der Waals surface area (Å²) in [5.74, 6) is -0.261. The Hall–Kier alpha value is -2.28. The Kier molecular flexibility index (Phi) is 2.75. The second-order valence-corrected chi connectivity index (χ2v) is 4.83. The van der Waals surface area contributed by atoms with Gasteiger partial charge >= 0.3 is 6.03 Å². The van der Waals surface area contributed by atoms with E-state index in [9.17, 15) is 9.59 Å². The maximum Gasteiger partial charge on any atom is 0.337 e. The fourth-order valence-corrected chi connectivity index (χ4v) is 2.62. The molecule has 0 radical (unpaired) electrons. The Morgan fingerprint density at radius 2 is 1.95 bits per heavy atom. The third-order valence-electron chi connectivity index (χ3n) is 2.86. The number of hydrogen-bond donors (Lipinski definition) is 0. The first-order valence-corrected chi connectivity index (χ1v) is 6.44. The minimum Gasteiger partial charge on any atom is -0.284 e. The molecule has 1 aromatic carbocycles. The molecule has 19 heavy (non-hydrogen) atoms. The number of amides is 3. The highest BCUT2D eigenvalue weighted by Crippen LogP contribution is 2.29. The van der Waals surface area contributed by atoms with Gasteiger partial charge in [-0.25, -0.2) is 9.69 Å². The first kappa shape index (κ1) is 11.8. The van der Waals surface area contributed by atoms with E-state index in [0.717, 1.165) is 16.4 Å². The van der Waals surface area contributed by atoms with E-state index in [1.165, 1.54) is 4.90 Å². The number of carbonyl (C=O) groups excluding carboxylic acids is 2. The number of hydrogen-bond acceptors (Lipinski definition) is 5. The minimum atomic E-state index is -0.356. The van der Waals surface area contributed by atoms with Gasteiger partial charge in [0, 0.05) is 17.2 Å². The van der Waals surface area contributed by atoms with E-state index >= 15 is 0 Å². The molecule has 0 saturated carbocycles. The highest BCUT2D eigenvalue weighted by atomic mass is 32.1. The third kappa shape index (κ3) is 1.88. The number of para-hydroxylation sites is 1. The van der Waals surface area contributed by atoms with Crippen LogP contribution in [0, 0.1) is 6.92 Å². The zero-order chi connectivity index (χ0) is 13.4. The zero-order valence-electron chi connectivity index (χ0n) is 10.1. The molecule has 0 unspecified atom stereocenters. The summed E-state index contributed by atoms with van der Waals surface area (Å²) in [4.78, 5) is 27.0. The number of imide groups is 1. The molecule has 2 heterocycles. The van der Waals surface area contributed by atoms with E-state index in [0.29, 0.717) is 16.4 Å². The Bertz CT molecular complexity index is 640. The summed E-state index contributed by atoms with van der Waals surface area (Å²) in [5.41, 5.74) is 1.29. The predicted octanol–water partition coefficient (Wildman–Crippen LogP) is 1.82. The summed E-state index contributed by atoms with van der Waals surface area (Å²) >= 11 is 1.05. The van der Waals surface area contributed by atoms with Gasteiger partial charge in [-0.3, -0.25) is 9.69 Å². The van der Waals surface area contributed by atoms with E-state index in [1.54, 1.807) is 19.1 Å². The summed E-state index contributed by atoms with van der Waals surface area (Å²) in [6.07, 6.45) is 0. The van der Waals surface area contributed by atoms with Gasteiger partial charge in [-0.1, -0.05) is 22.7 Å². The SMILES string of the molecule is Cc1nnsc1N1C(=O)CN(c2ccccc2)C1=O. The molecule has 6 nitrogen and oxygen atoms in total. The molecule has 1 aliphatic rings. The number of nitrogens with zero attached hydrogens (tertiary/aromatic N) is 4. The smallest absolute Gasteiger partial charge is 0.284 e. The van der Waals surface area contributed by atoms with Crippen molar-refractivity contribution in [2.24, 2.45) is 0 Å². The highest BCUT2D eigenvalue weighted by molar-refractivity contribution is 7.10. The normalized spacial score (nSPS) is 15.4. The molecule has 0 aliphatic carbocycles. The van der Waals surface area contributed by atoms with E-state index in [4.69, 9.17) is 0 Å². The first-order chi connectivity index (χ1) is 9.18. The van der Waals surface area contributed by atoms with Gasteiger partial charge in [0.2, 0.25) is 0 Å². The average molecular weight is 274 g/mol. The van der Waals surface area contributed by atoms with Crippen LogP contribution in [0.15, 0.2) is 30.3 Å². The monoisotopic (exact) mass is 274 g/mol. The van der Waals surface area contributed by atoms with Gasteiger partial charge in [-0.05, 0) is 19.1 Å². The third-order valence-corrected chi connectivity index (χ3v) is 3.68. The van der Waals surface area contributed by atoms with Crippen molar-refractivity contribution in [1.82, 2.24) is 9.59 Å². The highest BCUT2D eigenvalue weighted by Gasteiger charge is 2.39. The fourth-order valence-electron chi connectivity index (χ4n) is 1.94. The van der Waals surface area contributed by atoms with Crippen LogP contribution in [0.4, 0.5) is 15.5 Å². The molecule has 0 bridgehead atoms. The van der Waals surface area contributed by atoms with Crippen molar-refractivity contribution < 1.29 is 9.59 Å². The second-order valence-electron chi connectivity index (χ2n) is 4.10. The van der Waals surface area contributed by atoms with Crippen molar-refractivity contribution in [3.63, 3.8) is 0 Å². The second kappa shape index (κ2) is 4.43. The molecule has 0 spiro atoms. The van der Waals surface area contributed by atoms with Crippen molar-refractivity contribution in [3.05, 3.63) is 36.0 Å². The number of rotatable bonds is 2. The van der Waals surface area contributed by atoms with Crippen LogP contribution in [-0.4, -0.2) is 28.1 Å². The molecule has 0 N–H and O–H groups in total. The lowest BCUT2D eigenvalue weighted by atomic mass is 10.3. The van der Waals surface area contributed by atoms with Crippen LogP contribution in [0.2, 0.25) is 0 Å². The molecule has 96 valence electrons. The topological polar surface area (TPSA) is 66.4 Å². The molecule has 3 amide bonds.